The molecule has 1 heterocycles. The van der Waals surface area contributed by atoms with E-state index in [1.165, 1.54) is 11.1 Å². The van der Waals surface area contributed by atoms with Crippen LogP contribution < -0.4 is 0 Å². The third-order valence-corrected chi connectivity index (χ3v) is 4.35. The number of carbonyl (C=O) groups is 2. The number of hydrogen-bond donors (Lipinski definition) is 0. The van der Waals surface area contributed by atoms with E-state index in [2.05, 4.69) is 36.1 Å². The van der Waals surface area contributed by atoms with Crippen LogP contribution in [-0.4, -0.2) is 61.0 Å². The summed E-state index contributed by atoms with van der Waals surface area (Å²) < 4.78 is 4.99. The number of carbonyl (C=O) groups excluding carboxylic acids is 2. The monoisotopic (exact) mass is 332 g/mol. The molecule has 5 heteroatoms. The van der Waals surface area contributed by atoms with Crippen molar-refractivity contribution in [2.24, 2.45) is 0 Å². The Morgan fingerprint density at radius 3 is 2.54 bits per heavy atom. The quantitative estimate of drug-likeness (QED) is 0.748. The largest absolute Gasteiger partial charge is 0.465 e. The van der Waals surface area contributed by atoms with Gasteiger partial charge in [0.2, 0.25) is 5.91 Å². The summed E-state index contributed by atoms with van der Waals surface area (Å²) in [7, 11) is 0. The van der Waals surface area contributed by atoms with Crippen LogP contribution in [0.1, 0.15) is 30.9 Å². The maximum atomic E-state index is 12.4. The van der Waals surface area contributed by atoms with Gasteiger partial charge in [-0.2, -0.15) is 0 Å². The third kappa shape index (κ3) is 5.96. The molecule has 0 N–H and O–H groups in total. The number of benzene rings is 1. The number of ether oxygens (including phenoxy) is 1. The minimum atomic E-state index is -0.184. The lowest BCUT2D eigenvalue weighted by atomic mass is 10.1. The number of esters is 1. The van der Waals surface area contributed by atoms with Crippen molar-refractivity contribution in [2.45, 2.75) is 33.1 Å². The average molecular weight is 332 g/mol. The summed E-state index contributed by atoms with van der Waals surface area (Å²) in [5.41, 5.74) is 2.44. The molecule has 0 bridgehead atoms. The van der Waals surface area contributed by atoms with Crippen molar-refractivity contribution in [1.82, 2.24) is 9.80 Å². The van der Waals surface area contributed by atoms with E-state index in [9.17, 15) is 9.59 Å². The number of amides is 1. The molecule has 24 heavy (non-hydrogen) atoms. The molecule has 1 fully saturated rings. The fourth-order valence-electron chi connectivity index (χ4n) is 2.93. The Labute approximate surface area is 144 Å². The van der Waals surface area contributed by atoms with Gasteiger partial charge in [-0.25, -0.2) is 0 Å². The summed E-state index contributed by atoms with van der Waals surface area (Å²) in [5, 5.41) is 0. The van der Waals surface area contributed by atoms with Crippen LogP contribution in [0, 0.1) is 6.92 Å². The second kappa shape index (κ2) is 9.42. The number of nitrogens with zero attached hydrogens (tertiary/aromatic N) is 2. The second-order valence-corrected chi connectivity index (χ2v) is 6.30. The molecule has 2 rings (SSSR count). The first-order chi connectivity index (χ1) is 11.6. The maximum absolute atomic E-state index is 12.4. The standard InChI is InChI=1S/C19H28N2O3/c1-3-24-19(23)15-20-11-4-12-21(14-13-20)18(22)10-9-17-7-5-16(2)6-8-17/h5-8H,3-4,9-15H2,1-2H3. The number of hydrogen-bond acceptors (Lipinski definition) is 4. The zero-order valence-electron chi connectivity index (χ0n) is 14.8. The SMILES string of the molecule is CCOC(=O)CN1CCCN(C(=O)CCc2ccc(C)cc2)CC1. The van der Waals surface area contributed by atoms with E-state index in [-0.39, 0.29) is 11.9 Å². The molecule has 0 aromatic heterocycles. The molecule has 1 amide bonds. The molecule has 0 aliphatic carbocycles. The first-order valence-corrected chi connectivity index (χ1v) is 8.79. The highest BCUT2D eigenvalue weighted by Gasteiger charge is 2.20. The lowest BCUT2D eigenvalue weighted by Gasteiger charge is -2.21. The van der Waals surface area contributed by atoms with Crippen LogP contribution in [0.3, 0.4) is 0 Å². The Kier molecular flexibility index (Phi) is 7.25. The van der Waals surface area contributed by atoms with Crippen LogP contribution in [0.2, 0.25) is 0 Å². The summed E-state index contributed by atoms with van der Waals surface area (Å²) in [4.78, 5) is 28.0. The summed E-state index contributed by atoms with van der Waals surface area (Å²) in [6.07, 6.45) is 2.22. The Bertz CT molecular complexity index is 542. The van der Waals surface area contributed by atoms with Crippen LogP contribution in [0.25, 0.3) is 0 Å². The van der Waals surface area contributed by atoms with E-state index < -0.39 is 0 Å². The van der Waals surface area contributed by atoms with Crippen molar-refractivity contribution in [1.29, 1.82) is 0 Å². The van der Waals surface area contributed by atoms with Gasteiger partial charge in [0.1, 0.15) is 0 Å². The molecule has 1 aliphatic heterocycles. The molecule has 0 saturated carbocycles. The van der Waals surface area contributed by atoms with E-state index in [1.54, 1.807) is 0 Å². The molecule has 0 unspecified atom stereocenters. The van der Waals surface area contributed by atoms with Crippen molar-refractivity contribution >= 4 is 11.9 Å². The molecule has 0 spiro atoms. The molecular weight excluding hydrogens is 304 g/mol. The Morgan fingerprint density at radius 1 is 1.08 bits per heavy atom. The molecule has 0 radical (unpaired) electrons. The Morgan fingerprint density at radius 2 is 1.83 bits per heavy atom. The molecule has 1 aromatic carbocycles. The fourth-order valence-corrected chi connectivity index (χ4v) is 2.93. The zero-order chi connectivity index (χ0) is 17.4. The second-order valence-electron chi connectivity index (χ2n) is 6.30. The van der Waals surface area contributed by atoms with Gasteiger partial charge in [0.15, 0.2) is 0 Å². The van der Waals surface area contributed by atoms with Gasteiger partial charge in [-0.3, -0.25) is 14.5 Å². The van der Waals surface area contributed by atoms with Crippen molar-refractivity contribution in [2.75, 3.05) is 39.3 Å². The third-order valence-electron chi connectivity index (χ3n) is 4.35. The van der Waals surface area contributed by atoms with Crippen molar-refractivity contribution in [3.63, 3.8) is 0 Å². The van der Waals surface area contributed by atoms with Gasteiger partial charge >= 0.3 is 5.97 Å². The highest BCUT2D eigenvalue weighted by Crippen LogP contribution is 2.09. The van der Waals surface area contributed by atoms with Crippen molar-refractivity contribution in [3.8, 4) is 0 Å². The summed E-state index contributed by atoms with van der Waals surface area (Å²) in [6.45, 7) is 7.63. The van der Waals surface area contributed by atoms with Crippen LogP contribution in [-0.2, 0) is 20.7 Å². The molecule has 132 valence electrons. The molecular formula is C19H28N2O3. The Balaban J connectivity index is 1.76. The van der Waals surface area contributed by atoms with E-state index in [4.69, 9.17) is 4.74 Å². The number of rotatable bonds is 6. The normalized spacial score (nSPS) is 15.8. The first-order valence-electron chi connectivity index (χ1n) is 8.79. The summed E-state index contributed by atoms with van der Waals surface area (Å²) >= 11 is 0. The fraction of sp³-hybridized carbons (Fsp3) is 0.579. The van der Waals surface area contributed by atoms with Gasteiger partial charge in [0, 0.05) is 32.6 Å². The lowest BCUT2D eigenvalue weighted by molar-refractivity contribution is -0.144. The van der Waals surface area contributed by atoms with E-state index >= 15 is 0 Å². The molecule has 1 aliphatic rings. The smallest absolute Gasteiger partial charge is 0.320 e. The van der Waals surface area contributed by atoms with Gasteiger partial charge in [-0.15, -0.1) is 0 Å². The van der Waals surface area contributed by atoms with E-state index in [0.717, 1.165) is 32.5 Å². The molecule has 5 nitrogen and oxygen atoms in total. The molecule has 0 atom stereocenters. The Hall–Kier alpha value is -1.88. The van der Waals surface area contributed by atoms with Crippen LogP contribution in [0.5, 0.6) is 0 Å². The van der Waals surface area contributed by atoms with Gasteiger partial charge in [0.05, 0.1) is 13.2 Å². The molecule has 1 aromatic rings. The molecule has 1 saturated heterocycles. The first kappa shape index (κ1) is 18.5. The predicted molar refractivity (Wildman–Crippen MR) is 93.8 cm³/mol. The van der Waals surface area contributed by atoms with Crippen molar-refractivity contribution < 1.29 is 14.3 Å². The van der Waals surface area contributed by atoms with Gasteiger partial charge < -0.3 is 9.64 Å². The predicted octanol–water partition coefficient (Wildman–Crippen LogP) is 2.03. The highest BCUT2D eigenvalue weighted by atomic mass is 16.5. The lowest BCUT2D eigenvalue weighted by Crippen LogP contribution is -2.37. The maximum Gasteiger partial charge on any atom is 0.320 e. The minimum absolute atomic E-state index is 0.184. The van der Waals surface area contributed by atoms with Crippen LogP contribution in [0.15, 0.2) is 24.3 Å². The van der Waals surface area contributed by atoms with Gasteiger partial charge in [-0.1, -0.05) is 29.8 Å². The van der Waals surface area contributed by atoms with E-state index in [1.807, 2.05) is 11.8 Å². The zero-order valence-corrected chi connectivity index (χ0v) is 14.8. The minimum Gasteiger partial charge on any atom is -0.465 e. The average Bonchev–Trinajstić information content (AvgIpc) is 2.80. The van der Waals surface area contributed by atoms with Gasteiger partial charge in [0.25, 0.3) is 0 Å². The highest BCUT2D eigenvalue weighted by molar-refractivity contribution is 5.76. The summed E-state index contributed by atoms with van der Waals surface area (Å²) in [5.74, 6) is 0.0187. The van der Waals surface area contributed by atoms with Crippen LogP contribution in [0.4, 0.5) is 0 Å². The number of aryl methyl sites for hydroxylation is 2. The van der Waals surface area contributed by atoms with E-state index in [0.29, 0.717) is 26.1 Å². The van der Waals surface area contributed by atoms with Gasteiger partial charge in [-0.05, 0) is 32.3 Å². The van der Waals surface area contributed by atoms with Crippen molar-refractivity contribution in [3.05, 3.63) is 35.4 Å². The van der Waals surface area contributed by atoms with Crippen LogP contribution >= 0.6 is 0 Å². The summed E-state index contributed by atoms with van der Waals surface area (Å²) in [6, 6.07) is 8.34. The topological polar surface area (TPSA) is 49.9 Å².